The Morgan fingerprint density at radius 2 is 1.92 bits per heavy atom. The molecule has 3 nitrogen and oxygen atoms in total. The van der Waals surface area contributed by atoms with Crippen LogP contribution in [0.5, 0.6) is 0 Å². The molecule has 1 saturated carbocycles. The van der Waals surface area contributed by atoms with Crippen LogP contribution >= 0.6 is 12.2 Å². The van der Waals surface area contributed by atoms with Gasteiger partial charge >= 0.3 is 0 Å². The first-order valence-corrected chi connectivity index (χ1v) is 4.98. The molecule has 1 saturated heterocycles. The van der Waals surface area contributed by atoms with Gasteiger partial charge in [0.25, 0.3) is 0 Å². The lowest BCUT2D eigenvalue weighted by Gasteiger charge is -2.53. The number of nitrogens with zero attached hydrogens (tertiary/aromatic N) is 1. The van der Waals surface area contributed by atoms with Gasteiger partial charge in [0.2, 0.25) is 0 Å². The quantitative estimate of drug-likeness (QED) is 0.547. The van der Waals surface area contributed by atoms with Crippen molar-refractivity contribution in [3.05, 3.63) is 0 Å². The minimum atomic E-state index is 0.363. The monoisotopic (exact) mass is 185 g/mol. The van der Waals surface area contributed by atoms with Gasteiger partial charge in [-0.15, -0.1) is 0 Å². The summed E-state index contributed by atoms with van der Waals surface area (Å²) >= 11 is 4.86. The van der Waals surface area contributed by atoms with E-state index in [4.69, 9.17) is 18.0 Å². The van der Waals surface area contributed by atoms with Crippen LogP contribution < -0.4 is 11.2 Å². The van der Waals surface area contributed by atoms with Crippen LogP contribution in [0.1, 0.15) is 32.1 Å². The second-order valence-electron chi connectivity index (χ2n) is 3.88. The number of hydrogen-bond acceptors (Lipinski definition) is 2. The zero-order valence-corrected chi connectivity index (χ0v) is 7.99. The maximum Gasteiger partial charge on any atom is 0.180 e. The summed E-state index contributed by atoms with van der Waals surface area (Å²) in [4.78, 5) is 0. The van der Waals surface area contributed by atoms with Gasteiger partial charge in [0.15, 0.2) is 5.11 Å². The molecule has 0 radical (unpaired) electrons. The summed E-state index contributed by atoms with van der Waals surface area (Å²) in [6.45, 7) is 1.02. The van der Waals surface area contributed by atoms with E-state index < -0.39 is 0 Å². The predicted octanol–water partition coefficient (Wildman–Crippen LogP) is 0.753. The van der Waals surface area contributed by atoms with E-state index in [0.717, 1.165) is 6.54 Å². The van der Waals surface area contributed by atoms with E-state index >= 15 is 0 Å². The summed E-state index contributed by atoms with van der Waals surface area (Å²) in [6, 6.07) is 0. The van der Waals surface area contributed by atoms with Crippen LogP contribution in [0.3, 0.4) is 0 Å². The molecular formula is C8H15N3S. The smallest absolute Gasteiger partial charge is 0.180 e. The van der Waals surface area contributed by atoms with Crippen LogP contribution in [-0.4, -0.2) is 22.2 Å². The molecule has 0 atom stereocenters. The first-order valence-electron chi connectivity index (χ1n) is 4.57. The molecule has 2 aliphatic rings. The fourth-order valence-corrected chi connectivity index (χ4v) is 2.31. The summed E-state index contributed by atoms with van der Waals surface area (Å²) in [5, 5.41) is 2.35. The summed E-state index contributed by atoms with van der Waals surface area (Å²) in [6.07, 6.45) is 6.64. The zero-order chi connectivity index (χ0) is 8.60. The third-order valence-corrected chi connectivity index (χ3v) is 3.13. The molecule has 12 heavy (non-hydrogen) atoms. The van der Waals surface area contributed by atoms with E-state index in [-0.39, 0.29) is 0 Å². The van der Waals surface area contributed by atoms with E-state index in [1.54, 1.807) is 0 Å². The fourth-order valence-electron chi connectivity index (χ4n) is 2.20. The second kappa shape index (κ2) is 2.85. The van der Waals surface area contributed by atoms with Gasteiger partial charge in [-0.05, 0) is 25.1 Å². The van der Waals surface area contributed by atoms with Gasteiger partial charge in [-0.2, -0.15) is 0 Å². The largest absolute Gasteiger partial charge is 0.375 e. The Labute approximate surface area is 78.3 Å². The number of rotatable bonds is 0. The SMILES string of the molecule is NC(=S)N1CC2(CCCCC2)N1. The van der Waals surface area contributed by atoms with E-state index in [1.165, 1.54) is 32.1 Å². The maximum absolute atomic E-state index is 5.48. The van der Waals surface area contributed by atoms with Crippen LogP contribution in [0.15, 0.2) is 0 Å². The second-order valence-corrected chi connectivity index (χ2v) is 4.30. The van der Waals surface area contributed by atoms with Crippen LogP contribution in [0, 0.1) is 0 Å². The van der Waals surface area contributed by atoms with Crippen molar-refractivity contribution in [2.24, 2.45) is 5.73 Å². The highest BCUT2D eigenvalue weighted by atomic mass is 32.1. The van der Waals surface area contributed by atoms with Crippen molar-refractivity contribution in [3.8, 4) is 0 Å². The minimum absolute atomic E-state index is 0.363. The third-order valence-electron chi connectivity index (χ3n) is 2.91. The van der Waals surface area contributed by atoms with Crippen molar-refractivity contribution >= 4 is 17.3 Å². The molecule has 3 N–H and O–H groups in total. The molecule has 0 aromatic rings. The van der Waals surface area contributed by atoms with Gasteiger partial charge in [0.1, 0.15) is 0 Å². The van der Waals surface area contributed by atoms with Crippen LogP contribution in [0.25, 0.3) is 0 Å². The van der Waals surface area contributed by atoms with Crippen molar-refractivity contribution in [3.63, 3.8) is 0 Å². The Morgan fingerprint density at radius 3 is 2.42 bits per heavy atom. The van der Waals surface area contributed by atoms with Gasteiger partial charge < -0.3 is 5.73 Å². The number of nitrogens with one attached hydrogen (secondary N) is 1. The topological polar surface area (TPSA) is 41.3 Å². The summed E-state index contributed by atoms with van der Waals surface area (Å²) in [5.41, 5.74) is 9.21. The Bertz CT molecular complexity index is 190. The molecule has 2 rings (SSSR count). The number of hydrogen-bond donors (Lipinski definition) is 2. The van der Waals surface area contributed by atoms with Crippen molar-refractivity contribution in [1.29, 1.82) is 0 Å². The maximum atomic E-state index is 5.48. The van der Waals surface area contributed by atoms with E-state index in [1.807, 2.05) is 5.01 Å². The average molecular weight is 185 g/mol. The van der Waals surface area contributed by atoms with Crippen LogP contribution in [0.2, 0.25) is 0 Å². The molecule has 1 spiro atoms. The summed E-state index contributed by atoms with van der Waals surface area (Å²) in [5.74, 6) is 0. The van der Waals surface area contributed by atoms with E-state index in [0.29, 0.717) is 10.7 Å². The third kappa shape index (κ3) is 1.29. The number of nitrogens with two attached hydrogens (primary N) is 1. The molecule has 4 heteroatoms. The minimum Gasteiger partial charge on any atom is -0.375 e. The highest BCUT2D eigenvalue weighted by Crippen LogP contribution is 2.33. The first kappa shape index (κ1) is 8.26. The Balaban J connectivity index is 1.88. The zero-order valence-electron chi connectivity index (χ0n) is 7.18. The Kier molecular flexibility index (Phi) is 1.96. The van der Waals surface area contributed by atoms with Crippen LogP contribution in [-0.2, 0) is 0 Å². The molecule has 0 aromatic carbocycles. The molecule has 0 amide bonds. The molecule has 0 unspecified atom stereocenters. The van der Waals surface area contributed by atoms with Crippen molar-refractivity contribution in [2.45, 2.75) is 37.6 Å². The average Bonchev–Trinajstić information content (AvgIpc) is 2.01. The molecule has 68 valence electrons. The van der Waals surface area contributed by atoms with Gasteiger partial charge in [-0.1, -0.05) is 19.3 Å². The summed E-state index contributed by atoms with van der Waals surface area (Å²) in [7, 11) is 0. The first-order chi connectivity index (χ1) is 5.72. The van der Waals surface area contributed by atoms with Gasteiger partial charge in [0.05, 0.1) is 12.1 Å². The number of hydrazine groups is 1. The predicted molar refractivity (Wildman–Crippen MR) is 52.4 cm³/mol. The van der Waals surface area contributed by atoms with Crippen LogP contribution in [0.4, 0.5) is 0 Å². The number of thiocarbonyl (C=S) groups is 1. The molecule has 1 heterocycles. The highest BCUT2D eigenvalue weighted by Gasteiger charge is 2.43. The summed E-state index contributed by atoms with van der Waals surface area (Å²) < 4.78 is 0. The normalized spacial score (nSPS) is 26.8. The van der Waals surface area contributed by atoms with E-state index in [2.05, 4.69) is 5.43 Å². The lowest BCUT2D eigenvalue weighted by atomic mass is 9.79. The van der Waals surface area contributed by atoms with Crippen molar-refractivity contribution in [1.82, 2.24) is 10.4 Å². The van der Waals surface area contributed by atoms with Crippen molar-refractivity contribution in [2.75, 3.05) is 6.54 Å². The lowest BCUT2D eigenvalue weighted by Crippen LogP contribution is -2.74. The molecule has 0 bridgehead atoms. The van der Waals surface area contributed by atoms with Gasteiger partial charge in [-0.25, -0.2) is 5.43 Å². The molecule has 2 fully saturated rings. The van der Waals surface area contributed by atoms with Crippen molar-refractivity contribution < 1.29 is 0 Å². The van der Waals surface area contributed by atoms with Gasteiger partial charge in [-0.3, -0.25) is 5.01 Å². The molecule has 1 aliphatic heterocycles. The lowest BCUT2D eigenvalue weighted by molar-refractivity contribution is 0.00350. The fraction of sp³-hybridized carbons (Fsp3) is 0.875. The molecule has 1 aliphatic carbocycles. The van der Waals surface area contributed by atoms with Gasteiger partial charge in [0, 0.05) is 0 Å². The van der Waals surface area contributed by atoms with E-state index in [9.17, 15) is 0 Å². The molecular weight excluding hydrogens is 170 g/mol. The standard InChI is InChI=1S/C8H15N3S/c9-7(12)11-6-8(10-11)4-2-1-3-5-8/h10H,1-6H2,(H2,9,12). The highest BCUT2D eigenvalue weighted by molar-refractivity contribution is 7.80. The Hall–Kier alpha value is -0.350. The molecule has 0 aromatic heterocycles. The Morgan fingerprint density at radius 1 is 1.33 bits per heavy atom.